The van der Waals surface area contributed by atoms with Gasteiger partial charge in [-0.05, 0) is 23.1 Å². The monoisotopic (exact) mass is 350 g/mol. The maximum atomic E-state index is 10.8. The van der Waals surface area contributed by atoms with Crippen LogP contribution in [0.3, 0.4) is 0 Å². The highest BCUT2D eigenvalue weighted by molar-refractivity contribution is 5.56. The van der Waals surface area contributed by atoms with Crippen LogP contribution in [0.1, 0.15) is 23.7 Å². The molecule has 1 heterocycles. The lowest BCUT2D eigenvalue weighted by molar-refractivity contribution is -0.384. The van der Waals surface area contributed by atoms with E-state index in [2.05, 4.69) is 11.0 Å². The van der Waals surface area contributed by atoms with Crippen molar-refractivity contribution >= 4 is 11.8 Å². The standard InChI is InChI=1S/C21H22N2O3/c24-21(19-6-2-1-3-7-19)16-22-13-11-17(12-14-22)9-10-18-5-4-8-20(15-18)23(25)26/h1-11,15,21,24H,12-14,16H2/b10-9+. The van der Waals surface area contributed by atoms with Crippen LogP contribution in [0.2, 0.25) is 0 Å². The van der Waals surface area contributed by atoms with Crippen LogP contribution < -0.4 is 0 Å². The van der Waals surface area contributed by atoms with E-state index in [-0.39, 0.29) is 10.6 Å². The number of rotatable bonds is 6. The van der Waals surface area contributed by atoms with Gasteiger partial charge in [-0.15, -0.1) is 0 Å². The van der Waals surface area contributed by atoms with E-state index in [1.807, 2.05) is 48.6 Å². The van der Waals surface area contributed by atoms with Crippen molar-refractivity contribution in [2.75, 3.05) is 19.6 Å². The molecule has 2 aromatic carbocycles. The van der Waals surface area contributed by atoms with Gasteiger partial charge >= 0.3 is 0 Å². The Kier molecular flexibility index (Phi) is 5.94. The molecule has 0 aliphatic carbocycles. The lowest BCUT2D eigenvalue weighted by atomic mass is 10.0. The highest BCUT2D eigenvalue weighted by atomic mass is 16.6. The maximum absolute atomic E-state index is 10.8. The van der Waals surface area contributed by atoms with E-state index in [1.165, 1.54) is 11.6 Å². The highest BCUT2D eigenvalue weighted by Gasteiger charge is 2.15. The summed E-state index contributed by atoms with van der Waals surface area (Å²) in [5.74, 6) is 0. The summed E-state index contributed by atoms with van der Waals surface area (Å²) in [6.07, 6.45) is 6.49. The molecule has 134 valence electrons. The fraction of sp³-hybridized carbons (Fsp3) is 0.238. The fourth-order valence-corrected chi connectivity index (χ4v) is 3.01. The molecule has 0 radical (unpaired) electrons. The van der Waals surface area contributed by atoms with Crippen LogP contribution in [-0.4, -0.2) is 34.6 Å². The van der Waals surface area contributed by atoms with Gasteiger partial charge in [-0.3, -0.25) is 15.0 Å². The number of aliphatic hydroxyl groups is 1. The van der Waals surface area contributed by atoms with Gasteiger partial charge in [-0.25, -0.2) is 0 Å². The number of allylic oxidation sites excluding steroid dienone is 1. The third-order valence-corrected chi connectivity index (χ3v) is 4.51. The van der Waals surface area contributed by atoms with Crippen molar-refractivity contribution in [2.24, 2.45) is 0 Å². The average molecular weight is 350 g/mol. The number of hydrogen-bond acceptors (Lipinski definition) is 4. The maximum Gasteiger partial charge on any atom is 0.270 e. The van der Waals surface area contributed by atoms with Gasteiger partial charge in [-0.1, -0.05) is 60.7 Å². The van der Waals surface area contributed by atoms with Gasteiger partial charge in [0, 0.05) is 31.8 Å². The SMILES string of the molecule is O=[N+]([O-])c1cccc(/C=C/C2=CCN(CC(O)c3ccccc3)CC2)c1. The Hall–Kier alpha value is -2.76. The molecule has 1 aliphatic heterocycles. The molecule has 3 rings (SSSR count). The van der Waals surface area contributed by atoms with Crippen molar-refractivity contribution in [3.63, 3.8) is 0 Å². The summed E-state index contributed by atoms with van der Waals surface area (Å²) < 4.78 is 0. The number of β-amino-alcohol motifs (C(OH)–C–C–N with tert-alkyl or cyclic N) is 1. The molecule has 26 heavy (non-hydrogen) atoms. The smallest absolute Gasteiger partial charge is 0.270 e. The first kappa shape index (κ1) is 18.0. The van der Waals surface area contributed by atoms with Crippen molar-refractivity contribution in [1.29, 1.82) is 0 Å². The molecule has 0 bridgehead atoms. The minimum absolute atomic E-state index is 0.103. The summed E-state index contributed by atoms with van der Waals surface area (Å²) in [4.78, 5) is 12.7. The zero-order valence-corrected chi connectivity index (χ0v) is 14.5. The van der Waals surface area contributed by atoms with Gasteiger partial charge in [0.2, 0.25) is 0 Å². The molecular weight excluding hydrogens is 328 g/mol. The van der Waals surface area contributed by atoms with E-state index in [9.17, 15) is 15.2 Å². The van der Waals surface area contributed by atoms with Crippen molar-refractivity contribution in [3.05, 3.63) is 93.6 Å². The summed E-state index contributed by atoms with van der Waals surface area (Å²) in [7, 11) is 0. The van der Waals surface area contributed by atoms with E-state index in [4.69, 9.17) is 0 Å². The van der Waals surface area contributed by atoms with E-state index < -0.39 is 6.10 Å². The number of nitrogens with zero attached hydrogens (tertiary/aromatic N) is 2. The Morgan fingerprint density at radius 1 is 1.15 bits per heavy atom. The topological polar surface area (TPSA) is 66.6 Å². The van der Waals surface area contributed by atoms with Crippen LogP contribution in [0.25, 0.3) is 6.08 Å². The van der Waals surface area contributed by atoms with Crippen LogP contribution in [0.5, 0.6) is 0 Å². The molecule has 5 nitrogen and oxygen atoms in total. The first-order valence-electron chi connectivity index (χ1n) is 8.69. The van der Waals surface area contributed by atoms with Crippen LogP contribution in [0.15, 0.2) is 72.3 Å². The number of non-ortho nitro benzene ring substituents is 1. The van der Waals surface area contributed by atoms with E-state index in [0.29, 0.717) is 6.54 Å². The molecule has 0 amide bonds. The number of nitro benzene ring substituents is 1. The largest absolute Gasteiger partial charge is 0.387 e. The quantitative estimate of drug-likeness (QED) is 0.632. The summed E-state index contributed by atoms with van der Waals surface area (Å²) in [6.45, 7) is 2.29. The lowest BCUT2D eigenvalue weighted by Crippen LogP contribution is -2.32. The summed E-state index contributed by atoms with van der Waals surface area (Å²) in [6, 6.07) is 16.3. The molecule has 1 unspecified atom stereocenters. The average Bonchev–Trinajstić information content (AvgIpc) is 2.68. The fourth-order valence-electron chi connectivity index (χ4n) is 3.01. The third kappa shape index (κ3) is 4.88. The molecule has 1 N–H and O–H groups in total. The second-order valence-electron chi connectivity index (χ2n) is 6.40. The Morgan fingerprint density at radius 3 is 2.65 bits per heavy atom. The summed E-state index contributed by atoms with van der Waals surface area (Å²) >= 11 is 0. The Labute approximate surface area is 153 Å². The number of aliphatic hydroxyl groups excluding tert-OH is 1. The lowest BCUT2D eigenvalue weighted by Gasteiger charge is -2.27. The normalized spacial score (nSPS) is 16.4. The van der Waals surface area contributed by atoms with Crippen LogP contribution >= 0.6 is 0 Å². The summed E-state index contributed by atoms with van der Waals surface area (Å²) in [5.41, 5.74) is 3.07. The second kappa shape index (κ2) is 8.56. The first-order valence-corrected chi connectivity index (χ1v) is 8.69. The van der Waals surface area contributed by atoms with E-state index in [1.54, 1.807) is 12.1 Å². The van der Waals surface area contributed by atoms with Gasteiger partial charge in [0.05, 0.1) is 11.0 Å². The van der Waals surface area contributed by atoms with Gasteiger partial charge < -0.3 is 5.11 Å². The molecule has 0 aromatic heterocycles. The zero-order valence-electron chi connectivity index (χ0n) is 14.5. The van der Waals surface area contributed by atoms with Gasteiger partial charge in [0.15, 0.2) is 0 Å². The molecule has 2 aromatic rings. The Balaban J connectivity index is 1.56. The minimum atomic E-state index is -0.480. The van der Waals surface area contributed by atoms with Gasteiger partial charge in [0.1, 0.15) is 0 Å². The molecule has 0 fully saturated rings. The molecule has 1 atom stereocenters. The van der Waals surface area contributed by atoms with Crippen molar-refractivity contribution < 1.29 is 10.0 Å². The third-order valence-electron chi connectivity index (χ3n) is 4.51. The molecule has 0 saturated heterocycles. The van der Waals surface area contributed by atoms with Crippen molar-refractivity contribution in [1.82, 2.24) is 4.90 Å². The number of hydrogen-bond donors (Lipinski definition) is 1. The minimum Gasteiger partial charge on any atom is -0.387 e. The molecule has 0 spiro atoms. The predicted molar refractivity (Wildman–Crippen MR) is 103 cm³/mol. The van der Waals surface area contributed by atoms with E-state index >= 15 is 0 Å². The van der Waals surface area contributed by atoms with Crippen molar-refractivity contribution in [2.45, 2.75) is 12.5 Å². The van der Waals surface area contributed by atoms with Gasteiger partial charge in [-0.2, -0.15) is 0 Å². The summed E-state index contributed by atoms with van der Waals surface area (Å²) in [5, 5.41) is 21.2. The Bertz CT molecular complexity index is 815. The molecule has 1 aliphatic rings. The van der Waals surface area contributed by atoms with Crippen molar-refractivity contribution in [3.8, 4) is 0 Å². The highest BCUT2D eigenvalue weighted by Crippen LogP contribution is 2.19. The van der Waals surface area contributed by atoms with Crippen LogP contribution in [0, 0.1) is 10.1 Å². The first-order chi connectivity index (χ1) is 12.6. The molecule has 5 heteroatoms. The Morgan fingerprint density at radius 2 is 1.96 bits per heavy atom. The van der Waals surface area contributed by atoms with Crippen LogP contribution in [-0.2, 0) is 0 Å². The van der Waals surface area contributed by atoms with Crippen LogP contribution in [0.4, 0.5) is 5.69 Å². The zero-order chi connectivity index (χ0) is 18.4. The predicted octanol–water partition coefficient (Wildman–Crippen LogP) is 3.97. The number of benzene rings is 2. The molecular formula is C21H22N2O3. The second-order valence-corrected chi connectivity index (χ2v) is 6.40. The number of nitro groups is 1. The van der Waals surface area contributed by atoms with Gasteiger partial charge in [0.25, 0.3) is 5.69 Å². The van der Waals surface area contributed by atoms with E-state index in [0.717, 1.165) is 30.6 Å². The molecule has 0 saturated carbocycles.